The number of nitrogens with zero attached hydrogens (tertiary/aromatic N) is 2. The van der Waals surface area contributed by atoms with Crippen LogP contribution in [0.25, 0.3) is 0 Å². The van der Waals surface area contributed by atoms with Gasteiger partial charge in [0.1, 0.15) is 0 Å². The van der Waals surface area contributed by atoms with Crippen molar-refractivity contribution in [3.63, 3.8) is 0 Å². The van der Waals surface area contributed by atoms with E-state index in [-0.39, 0.29) is 0 Å². The maximum atomic E-state index is 12.4. The molecular weight excluding hydrogens is 252 g/mol. The topological polar surface area (TPSA) is 60.9 Å². The Morgan fingerprint density at radius 3 is 2.00 bits per heavy atom. The van der Waals surface area contributed by atoms with Crippen molar-refractivity contribution in [2.45, 2.75) is 44.1 Å². The van der Waals surface area contributed by atoms with Gasteiger partial charge in [0.25, 0.3) is 10.2 Å². The number of hydrogen-bond donors (Lipinski definition) is 1. The van der Waals surface area contributed by atoms with Crippen LogP contribution in [0, 0.1) is 5.92 Å². The summed E-state index contributed by atoms with van der Waals surface area (Å²) >= 11 is 0. The number of aliphatic hydroxyl groups is 1. The lowest BCUT2D eigenvalue weighted by molar-refractivity contribution is -0.0784. The van der Waals surface area contributed by atoms with Gasteiger partial charge in [-0.3, -0.25) is 0 Å². The molecule has 6 heteroatoms. The van der Waals surface area contributed by atoms with Crippen molar-refractivity contribution < 1.29 is 13.5 Å². The normalized spacial score (nSPS) is 30.7. The highest BCUT2D eigenvalue weighted by molar-refractivity contribution is 7.86. The Morgan fingerprint density at radius 1 is 0.944 bits per heavy atom. The minimum Gasteiger partial charge on any atom is -0.387 e. The van der Waals surface area contributed by atoms with Crippen molar-refractivity contribution in [1.82, 2.24) is 8.61 Å². The smallest absolute Gasteiger partial charge is 0.282 e. The zero-order chi connectivity index (χ0) is 12.8. The molecule has 0 radical (unpaired) electrons. The number of hydrogen-bond acceptors (Lipinski definition) is 3. The lowest BCUT2D eigenvalue weighted by atomic mass is 9.91. The standard InChI is InChI=1S/C12H22N2O3S/c15-12(11-5-6-11)9-14(10-12)18(16,17)13-7-3-1-2-4-8-13/h11,15H,1-10H2. The summed E-state index contributed by atoms with van der Waals surface area (Å²) in [5.41, 5.74) is -0.723. The summed E-state index contributed by atoms with van der Waals surface area (Å²) in [7, 11) is -3.32. The largest absolute Gasteiger partial charge is 0.387 e. The van der Waals surface area contributed by atoms with Crippen molar-refractivity contribution in [1.29, 1.82) is 0 Å². The van der Waals surface area contributed by atoms with Crippen molar-refractivity contribution >= 4 is 10.2 Å². The van der Waals surface area contributed by atoms with Crippen molar-refractivity contribution in [2.24, 2.45) is 5.92 Å². The Morgan fingerprint density at radius 2 is 1.50 bits per heavy atom. The molecule has 104 valence electrons. The average Bonchev–Trinajstić information content (AvgIpc) is 3.10. The fourth-order valence-electron chi connectivity index (χ4n) is 3.04. The zero-order valence-corrected chi connectivity index (χ0v) is 11.5. The van der Waals surface area contributed by atoms with Gasteiger partial charge in [0, 0.05) is 26.2 Å². The molecule has 0 aromatic rings. The van der Waals surface area contributed by atoms with Crippen LogP contribution in [0.3, 0.4) is 0 Å². The first-order valence-electron chi connectivity index (χ1n) is 7.00. The van der Waals surface area contributed by atoms with Crippen LogP contribution < -0.4 is 0 Å². The molecule has 18 heavy (non-hydrogen) atoms. The Balaban J connectivity index is 1.64. The molecule has 2 aliphatic heterocycles. The monoisotopic (exact) mass is 274 g/mol. The molecule has 0 amide bonds. The van der Waals surface area contributed by atoms with Crippen LogP contribution in [-0.2, 0) is 10.2 Å². The molecule has 2 heterocycles. The van der Waals surface area contributed by atoms with E-state index in [1.165, 1.54) is 4.31 Å². The van der Waals surface area contributed by atoms with Gasteiger partial charge < -0.3 is 5.11 Å². The van der Waals surface area contributed by atoms with E-state index in [2.05, 4.69) is 0 Å². The highest BCUT2D eigenvalue weighted by Crippen LogP contribution is 2.45. The summed E-state index contributed by atoms with van der Waals surface area (Å²) in [6.45, 7) is 1.88. The number of β-amino-alcohol motifs (C(OH)–C–C–N with tert-alkyl or cyclic N) is 1. The Hall–Kier alpha value is -0.170. The molecular formula is C12H22N2O3S. The van der Waals surface area contributed by atoms with Crippen molar-refractivity contribution in [3.8, 4) is 0 Å². The molecule has 0 spiro atoms. The number of rotatable bonds is 3. The summed E-state index contributed by atoms with van der Waals surface area (Å²) in [6.07, 6.45) is 6.26. The SMILES string of the molecule is O=S(=O)(N1CCCCCC1)N1CC(O)(C2CC2)C1. The zero-order valence-electron chi connectivity index (χ0n) is 10.7. The van der Waals surface area contributed by atoms with E-state index in [4.69, 9.17) is 0 Å². The fraction of sp³-hybridized carbons (Fsp3) is 1.00. The minimum absolute atomic E-state index is 0.302. The highest BCUT2D eigenvalue weighted by atomic mass is 32.2. The lowest BCUT2D eigenvalue weighted by Crippen LogP contribution is -2.66. The van der Waals surface area contributed by atoms with Gasteiger partial charge in [-0.25, -0.2) is 0 Å². The molecule has 0 unspecified atom stereocenters. The lowest BCUT2D eigenvalue weighted by Gasteiger charge is -2.47. The Bertz CT molecular complexity index is 405. The molecule has 0 aromatic heterocycles. The summed E-state index contributed by atoms with van der Waals surface area (Å²) in [5.74, 6) is 0.341. The van der Waals surface area contributed by atoms with Crippen LogP contribution in [-0.4, -0.2) is 53.9 Å². The molecule has 2 saturated heterocycles. The first-order chi connectivity index (χ1) is 8.52. The van der Waals surface area contributed by atoms with Crippen LogP contribution >= 0.6 is 0 Å². The van der Waals surface area contributed by atoms with E-state index in [9.17, 15) is 13.5 Å². The van der Waals surface area contributed by atoms with Gasteiger partial charge in [-0.15, -0.1) is 0 Å². The van der Waals surface area contributed by atoms with Gasteiger partial charge in [0.15, 0.2) is 0 Å². The fourth-order valence-corrected chi connectivity index (χ4v) is 4.86. The summed E-state index contributed by atoms with van der Waals surface area (Å²) in [6, 6.07) is 0. The predicted octanol–water partition coefficient (Wildman–Crippen LogP) is 0.564. The molecule has 1 N–H and O–H groups in total. The highest BCUT2D eigenvalue weighted by Gasteiger charge is 2.55. The second kappa shape index (κ2) is 4.44. The predicted molar refractivity (Wildman–Crippen MR) is 68.2 cm³/mol. The third-order valence-electron chi connectivity index (χ3n) is 4.46. The van der Waals surface area contributed by atoms with Crippen LogP contribution in [0.5, 0.6) is 0 Å². The first kappa shape index (κ1) is 12.8. The maximum absolute atomic E-state index is 12.4. The van der Waals surface area contributed by atoms with Crippen molar-refractivity contribution in [3.05, 3.63) is 0 Å². The molecule has 3 aliphatic rings. The molecule has 5 nitrogen and oxygen atoms in total. The van der Waals surface area contributed by atoms with Gasteiger partial charge in [-0.05, 0) is 31.6 Å². The van der Waals surface area contributed by atoms with Crippen LogP contribution in [0.4, 0.5) is 0 Å². The van der Waals surface area contributed by atoms with E-state index in [0.717, 1.165) is 38.5 Å². The van der Waals surface area contributed by atoms with Gasteiger partial charge in [0.2, 0.25) is 0 Å². The summed E-state index contributed by atoms with van der Waals surface area (Å²) in [4.78, 5) is 0. The molecule has 1 aliphatic carbocycles. The molecule has 3 rings (SSSR count). The maximum Gasteiger partial charge on any atom is 0.282 e. The van der Waals surface area contributed by atoms with Gasteiger partial charge in [0.05, 0.1) is 5.60 Å². The first-order valence-corrected chi connectivity index (χ1v) is 8.40. The third kappa shape index (κ3) is 2.19. The molecule has 0 aromatic carbocycles. The van der Waals surface area contributed by atoms with Crippen LogP contribution in [0.2, 0.25) is 0 Å². The van der Waals surface area contributed by atoms with Crippen LogP contribution in [0.15, 0.2) is 0 Å². The summed E-state index contributed by atoms with van der Waals surface area (Å²) < 4.78 is 27.8. The molecule has 0 atom stereocenters. The third-order valence-corrected chi connectivity index (χ3v) is 6.38. The Labute approximate surface area is 109 Å². The van der Waals surface area contributed by atoms with E-state index < -0.39 is 15.8 Å². The molecule has 1 saturated carbocycles. The average molecular weight is 274 g/mol. The second-order valence-corrected chi connectivity index (χ2v) is 7.90. The van der Waals surface area contributed by atoms with Gasteiger partial charge in [-0.1, -0.05) is 12.8 Å². The molecule has 0 bridgehead atoms. The van der Waals surface area contributed by atoms with Gasteiger partial charge >= 0.3 is 0 Å². The van der Waals surface area contributed by atoms with Crippen molar-refractivity contribution in [2.75, 3.05) is 26.2 Å². The van der Waals surface area contributed by atoms with E-state index >= 15 is 0 Å². The minimum atomic E-state index is -3.32. The van der Waals surface area contributed by atoms with Gasteiger partial charge in [-0.2, -0.15) is 17.0 Å². The summed E-state index contributed by atoms with van der Waals surface area (Å²) in [5, 5.41) is 10.2. The Kier molecular flexibility index (Phi) is 3.17. The van der Waals surface area contributed by atoms with E-state index in [0.29, 0.717) is 32.1 Å². The second-order valence-electron chi connectivity index (χ2n) is 5.97. The molecule has 3 fully saturated rings. The quantitative estimate of drug-likeness (QED) is 0.818. The van der Waals surface area contributed by atoms with Crippen LogP contribution in [0.1, 0.15) is 38.5 Å². The van der Waals surface area contributed by atoms with E-state index in [1.54, 1.807) is 4.31 Å². The van der Waals surface area contributed by atoms with E-state index in [1.807, 2.05) is 0 Å².